The minimum Gasteiger partial charge on any atom is -0.469 e. The molecule has 0 spiro atoms. The Morgan fingerprint density at radius 3 is 2.27 bits per heavy atom. The number of carbonyl (C=O) groups is 2. The van der Waals surface area contributed by atoms with Crippen LogP contribution in [0.25, 0.3) is 0 Å². The number of aliphatic hydroxyl groups excluding tert-OH is 1. The summed E-state index contributed by atoms with van der Waals surface area (Å²) in [6.07, 6.45) is 6.36. The monoisotopic (exact) mass is 511 g/mol. The average molecular weight is 512 g/mol. The van der Waals surface area contributed by atoms with Crippen LogP contribution in [0.3, 0.4) is 0 Å². The molecule has 1 amide bonds. The number of unbranched alkanes of at least 4 members (excludes halogenated alkanes) is 1. The third-order valence-corrected chi connectivity index (χ3v) is 7.42. The number of methoxy groups -OCH3 is 1. The first-order valence-electron chi connectivity index (χ1n) is 13.4. The van der Waals surface area contributed by atoms with Crippen molar-refractivity contribution in [3.63, 3.8) is 0 Å². The van der Waals surface area contributed by atoms with Crippen molar-refractivity contribution in [1.82, 2.24) is 15.3 Å². The Bertz CT molecular complexity index is 1020. The first kappa shape index (κ1) is 30.4. The molecular formula is C30H45N3O4. The number of esters is 1. The third kappa shape index (κ3) is 8.09. The van der Waals surface area contributed by atoms with Crippen LogP contribution in [0, 0.1) is 12.3 Å². The second kappa shape index (κ2) is 13.7. The Kier molecular flexibility index (Phi) is 11.2. The summed E-state index contributed by atoms with van der Waals surface area (Å²) in [7, 11) is 1.38. The van der Waals surface area contributed by atoms with Crippen molar-refractivity contribution < 1.29 is 19.4 Å². The molecule has 0 saturated heterocycles. The van der Waals surface area contributed by atoms with Crippen molar-refractivity contribution >= 4 is 11.9 Å². The molecule has 0 fully saturated rings. The van der Waals surface area contributed by atoms with E-state index in [1.165, 1.54) is 7.11 Å². The number of rotatable bonds is 13. The molecule has 2 aromatic rings. The van der Waals surface area contributed by atoms with Gasteiger partial charge in [-0.05, 0) is 74.1 Å². The zero-order chi connectivity index (χ0) is 27.6. The molecule has 1 unspecified atom stereocenters. The minimum absolute atomic E-state index is 0.128. The maximum absolute atomic E-state index is 12.6. The highest BCUT2D eigenvalue weighted by Crippen LogP contribution is 2.37. The van der Waals surface area contributed by atoms with E-state index < -0.39 is 0 Å². The highest BCUT2D eigenvalue weighted by Gasteiger charge is 2.34. The van der Waals surface area contributed by atoms with Crippen LogP contribution in [0.5, 0.6) is 0 Å². The highest BCUT2D eigenvalue weighted by atomic mass is 16.5. The van der Waals surface area contributed by atoms with Gasteiger partial charge in [0.1, 0.15) is 5.82 Å². The molecular weight excluding hydrogens is 466 g/mol. The lowest BCUT2D eigenvalue weighted by atomic mass is 9.74. The van der Waals surface area contributed by atoms with Crippen molar-refractivity contribution in [1.29, 1.82) is 0 Å². The number of hydrogen-bond acceptors (Lipinski definition) is 6. The second-order valence-corrected chi connectivity index (χ2v) is 10.9. The summed E-state index contributed by atoms with van der Waals surface area (Å²) in [5.74, 6) is 0.431. The van der Waals surface area contributed by atoms with Gasteiger partial charge in [-0.1, -0.05) is 46.8 Å². The minimum atomic E-state index is -0.382. The van der Waals surface area contributed by atoms with Crippen molar-refractivity contribution in [2.45, 2.75) is 98.0 Å². The molecule has 0 bridgehead atoms. The topological polar surface area (TPSA) is 101 Å². The van der Waals surface area contributed by atoms with E-state index >= 15 is 0 Å². The average Bonchev–Trinajstić information content (AvgIpc) is 2.88. The van der Waals surface area contributed by atoms with Crippen LogP contribution in [0.4, 0.5) is 0 Å². The van der Waals surface area contributed by atoms with Gasteiger partial charge in [-0.3, -0.25) is 9.59 Å². The number of amides is 1. The summed E-state index contributed by atoms with van der Waals surface area (Å²) in [6, 6.07) is 7.72. The fraction of sp³-hybridized carbons (Fsp3) is 0.600. The molecule has 0 aliphatic rings. The Balaban J connectivity index is 2.12. The SMILES string of the molecule is CCC(CC)(c1ccc(C(=O)NCCCCC(=O)OC)cc1)c1ncc(CCC(O)C(C)(C)C)c(C)n1. The van der Waals surface area contributed by atoms with Crippen LogP contribution in [0.2, 0.25) is 0 Å². The first-order chi connectivity index (χ1) is 17.5. The molecule has 2 rings (SSSR count). The summed E-state index contributed by atoms with van der Waals surface area (Å²) in [5, 5.41) is 13.3. The molecule has 2 N–H and O–H groups in total. The highest BCUT2D eigenvalue weighted by molar-refractivity contribution is 5.94. The quantitative estimate of drug-likeness (QED) is 0.279. The Morgan fingerprint density at radius 1 is 1.08 bits per heavy atom. The summed E-state index contributed by atoms with van der Waals surface area (Å²) in [4.78, 5) is 33.5. The number of aliphatic hydroxyl groups is 1. The van der Waals surface area contributed by atoms with Crippen LogP contribution in [-0.4, -0.2) is 46.7 Å². The number of nitrogens with zero attached hydrogens (tertiary/aromatic N) is 2. The van der Waals surface area contributed by atoms with E-state index in [0.29, 0.717) is 31.4 Å². The van der Waals surface area contributed by atoms with Gasteiger partial charge >= 0.3 is 5.97 Å². The Morgan fingerprint density at radius 2 is 1.73 bits per heavy atom. The smallest absolute Gasteiger partial charge is 0.305 e. The summed E-state index contributed by atoms with van der Waals surface area (Å²) < 4.78 is 4.63. The Labute approximate surface area is 222 Å². The fourth-order valence-electron chi connectivity index (χ4n) is 4.54. The van der Waals surface area contributed by atoms with Crippen molar-refractivity contribution in [3.05, 3.63) is 58.7 Å². The van der Waals surface area contributed by atoms with Gasteiger partial charge in [0.2, 0.25) is 0 Å². The van der Waals surface area contributed by atoms with Gasteiger partial charge in [0, 0.05) is 30.4 Å². The van der Waals surface area contributed by atoms with Gasteiger partial charge in [0.05, 0.1) is 18.6 Å². The van der Waals surface area contributed by atoms with E-state index in [4.69, 9.17) is 9.97 Å². The van der Waals surface area contributed by atoms with E-state index in [9.17, 15) is 14.7 Å². The van der Waals surface area contributed by atoms with Crippen LogP contribution >= 0.6 is 0 Å². The summed E-state index contributed by atoms with van der Waals surface area (Å²) in [6.45, 7) is 12.9. The third-order valence-electron chi connectivity index (χ3n) is 7.42. The van der Waals surface area contributed by atoms with E-state index in [1.54, 1.807) is 0 Å². The summed E-state index contributed by atoms with van der Waals surface area (Å²) in [5.41, 5.74) is 3.19. The number of ether oxygens (including phenoxy) is 1. The zero-order valence-corrected chi connectivity index (χ0v) is 23.7. The largest absolute Gasteiger partial charge is 0.469 e. The van der Waals surface area contributed by atoms with Gasteiger partial charge < -0.3 is 15.2 Å². The molecule has 0 aliphatic carbocycles. The second-order valence-electron chi connectivity index (χ2n) is 10.9. The van der Waals surface area contributed by atoms with Crippen LogP contribution in [0.15, 0.2) is 30.5 Å². The maximum Gasteiger partial charge on any atom is 0.305 e. The number of aromatic nitrogens is 2. The predicted molar refractivity (Wildman–Crippen MR) is 147 cm³/mol. The number of nitrogens with one attached hydrogen (secondary N) is 1. The lowest BCUT2D eigenvalue weighted by Gasteiger charge is -2.31. The standard InChI is InChI=1S/C30H45N3O4/c1-8-30(9-2,28-32-20-23(21(3)33-28)15-18-25(34)29(4,5)6)24-16-13-22(14-17-24)27(36)31-19-11-10-12-26(35)37-7/h13-14,16-17,20,25,34H,8-12,15,18-19H2,1-7H3,(H,31,36). The molecule has 7 heteroatoms. The molecule has 0 saturated carbocycles. The molecule has 7 nitrogen and oxygen atoms in total. The van der Waals surface area contributed by atoms with Crippen LogP contribution < -0.4 is 5.32 Å². The zero-order valence-electron chi connectivity index (χ0n) is 23.7. The Hall–Kier alpha value is -2.80. The molecule has 1 atom stereocenters. The van der Waals surface area contributed by atoms with Crippen LogP contribution in [0.1, 0.15) is 106 Å². The number of carbonyl (C=O) groups excluding carboxylic acids is 2. The van der Waals surface area contributed by atoms with Crippen molar-refractivity contribution in [3.8, 4) is 0 Å². The van der Waals surface area contributed by atoms with Gasteiger partial charge in [-0.25, -0.2) is 9.97 Å². The van der Waals surface area contributed by atoms with Gasteiger partial charge in [0.15, 0.2) is 0 Å². The van der Waals surface area contributed by atoms with Crippen molar-refractivity contribution in [2.75, 3.05) is 13.7 Å². The van der Waals surface area contributed by atoms with E-state index in [0.717, 1.165) is 48.3 Å². The molecule has 1 aromatic heterocycles. The van der Waals surface area contributed by atoms with Gasteiger partial charge in [-0.2, -0.15) is 0 Å². The first-order valence-corrected chi connectivity index (χ1v) is 13.4. The number of benzene rings is 1. The predicted octanol–water partition coefficient (Wildman–Crippen LogP) is 5.30. The summed E-state index contributed by atoms with van der Waals surface area (Å²) >= 11 is 0. The molecule has 0 radical (unpaired) electrons. The van der Waals surface area contributed by atoms with E-state index in [1.807, 2.05) is 58.2 Å². The van der Waals surface area contributed by atoms with Crippen LogP contribution in [-0.2, 0) is 21.4 Å². The molecule has 204 valence electrons. The van der Waals surface area contributed by atoms with Gasteiger partial charge in [-0.15, -0.1) is 0 Å². The van der Waals surface area contributed by atoms with Crippen molar-refractivity contribution in [2.24, 2.45) is 5.41 Å². The number of aryl methyl sites for hydroxylation is 2. The maximum atomic E-state index is 12.6. The van der Waals surface area contributed by atoms with E-state index in [-0.39, 0.29) is 28.8 Å². The molecule has 0 aliphatic heterocycles. The normalized spacial score (nSPS) is 12.8. The fourth-order valence-corrected chi connectivity index (χ4v) is 4.54. The van der Waals surface area contributed by atoms with E-state index in [2.05, 4.69) is 23.9 Å². The molecule has 1 heterocycles. The molecule has 37 heavy (non-hydrogen) atoms. The number of hydrogen-bond donors (Lipinski definition) is 2. The van der Waals surface area contributed by atoms with Gasteiger partial charge in [0.25, 0.3) is 5.91 Å². The lowest BCUT2D eigenvalue weighted by Crippen LogP contribution is -2.30. The molecule has 1 aromatic carbocycles. The lowest BCUT2D eigenvalue weighted by molar-refractivity contribution is -0.140.